The summed E-state index contributed by atoms with van der Waals surface area (Å²) in [7, 11) is 0. The van der Waals surface area contributed by atoms with Crippen LogP contribution in [0.25, 0.3) is 0 Å². The van der Waals surface area contributed by atoms with Crippen LogP contribution in [0.4, 0.5) is 11.5 Å². The zero-order chi connectivity index (χ0) is 16.1. The molecule has 0 saturated carbocycles. The Morgan fingerprint density at radius 2 is 2.09 bits per heavy atom. The fourth-order valence-electron chi connectivity index (χ4n) is 2.72. The van der Waals surface area contributed by atoms with Gasteiger partial charge in [-0.2, -0.15) is 0 Å². The minimum absolute atomic E-state index is 0.00133. The average Bonchev–Trinajstić information content (AvgIpc) is 3.08. The zero-order valence-electron chi connectivity index (χ0n) is 13.4. The van der Waals surface area contributed by atoms with Crippen molar-refractivity contribution in [1.82, 2.24) is 9.88 Å². The number of pyridine rings is 1. The summed E-state index contributed by atoms with van der Waals surface area (Å²) in [6.45, 7) is 7.48. The summed E-state index contributed by atoms with van der Waals surface area (Å²) >= 11 is 1.60. The van der Waals surface area contributed by atoms with Gasteiger partial charge < -0.3 is 15.1 Å². The average molecular weight is 330 g/mol. The maximum atomic E-state index is 12.0. The van der Waals surface area contributed by atoms with Gasteiger partial charge in [0.2, 0.25) is 5.91 Å². The number of hydrogen-bond donors (Lipinski definition) is 1. The van der Waals surface area contributed by atoms with Gasteiger partial charge in [-0.25, -0.2) is 4.98 Å². The Morgan fingerprint density at radius 1 is 1.26 bits per heavy atom. The third kappa shape index (κ3) is 4.30. The molecule has 122 valence electrons. The Morgan fingerprint density at radius 3 is 2.70 bits per heavy atom. The standard InChI is InChI=1S/C17H22N4OS/c1-2-20-7-9-21(10-8-20)16-6-5-14(13-18-16)19-17(22)12-15-4-3-11-23-15/h3-6,11,13H,2,7-10,12H2,1H3,(H,19,22). The summed E-state index contributed by atoms with van der Waals surface area (Å²) in [5.74, 6) is 0.982. The SMILES string of the molecule is CCN1CCN(c2ccc(NC(=O)Cc3cccs3)cn2)CC1. The first-order valence-corrected chi connectivity index (χ1v) is 8.88. The third-order valence-corrected chi connectivity index (χ3v) is 4.97. The van der Waals surface area contributed by atoms with Gasteiger partial charge in [0.25, 0.3) is 0 Å². The van der Waals surface area contributed by atoms with Crippen molar-refractivity contribution in [3.05, 3.63) is 40.7 Å². The minimum Gasteiger partial charge on any atom is -0.354 e. The van der Waals surface area contributed by atoms with E-state index in [0.717, 1.165) is 49.1 Å². The van der Waals surface area contributed by atoms with E-state index in [1.165, 1.54) is 0 Å². The first-order chi connectivity index (χ1) is 11.2. The Hall–Kier alpha value is -1.92. The van der Waals surface area contributed by atoms with E-state index in [9.17, 15) is 4.79 Å². The summed E-state index contributed by atoms with van der Waals surface area (Å²) in [4.78, 5) is 22.3. The molecular weight excluding hydrogens is 308 g/mol. The summed E-state index contributed by atoms with van der Waals surface area (Å²) in [5, 5.41) is 4.89. The molecule has 2 aromatic heterocycles. The second kappa shape index (κ2) is 7.57. The summed E-state index contributed by atoms with van der Waals surface area (Å²) in [6, 6.07) is 7.85. The molecule has 1 amide bonds. The van der Waals surface area contributed by atoms with Crippen molar-refractivity contribution in [2.75, 3.05) is 42.9 Å². The molecule has 3 heterocycles. The number of thiophene rings is 1. The Bertz CT molecular complexity index is 619. The van der Waals surface area contributed by atoms with Crippen LogP contribution in [0.3, 0.4) is 0 Å². The number of amides is 1. The monoisotopic (exact) mass is 330 g/mol. The molecule has 1 aliphatic rings. The van der Waals surface area contributed by atoms with E-state index in [-0.39, 0.29) is 5.91 Å². The second-order valence-corrected chi connectivity index (χ2v) is 6.66. The van der Waals surface area contributed by atoms with E-state index in [0.29, 0.717) is 6.42 Å². The predicted molar refractivity (Wildman–Crippen MR) is 95.2 cm³/mol. The molecule has 2 aromatic rings. The number of carbonyl (C=O) groups excluding carboxylic acids is 1. The van der Waals surface area contributed by atoms with Crippen molar-refractivity contribution in [1.29, 1.82) is 0 Å². The fourth-order valence-corrected chi connectivity index (χ4v) is 3.42. The molecule has 23 heavy (non-hydrogen) atoms. The van der Waals surface area contributed by atoms with Crippen LogP contribution in [0.15, 0.2) is 35.8 Å². The zero-order valence-corrected chi connectivity index (χ0v) is 14.2. The van der Waals surface area contributed by atoms with Crippen LogP contribution in [0, 0.1) is 0 Å². The van der Waals surface area contributed by atoms with Crippen LogP contribution in [0.2, 0.25) is 0 Å². The topological polar surface area (TPSA) is 48.5 Å². The number of hydrogen-bond acceptors (Lipinski definition) is 5. The molecule has 0 radical (unpaired) electrons. The fraction of sp³-hybridized carbons (Fsp3) is 0.412. The lowest BCUT2D eigenvalue weighted by Gasteiger charge is -2.34. The highest BCUT2D eigenvalue weighted by molar-refractivity contribution is 7.10. The first-order valence-electron chi connectivity index (χ1n) is 8.00. The highest BCUT2D eigenvalue weighted by Crippen LogP contribution is 2.17. The van der Waals surface area contributed by atoms with Gasteiger partial charge in [-0.15, -0.1) is 11.3 Å². The van der Waals surface area contributed by atoms with Crippen LogP contribution in [-0.4, -0.2) is 48.5 Å². The molecule has 5 nitrogen and oxygen atoms in total. The smallest absolute Gasteiger partial charge is 0.229 e. The molecule has 0 aromatic carbocycles. The number of aromatic nitrogens is 1. The number of nitrogens with zero attached hydrogens (tertiary/aromatic N) is 3. The van der Waals surface area contributed by atoms with Crippen LogP contribution < -0.4 is 10.2 Å². The van der Waals surface area contributed by atoms with Gasteiger partial charge in [0.1, 0.15) is 5.82 Å². The van der Waals surface area contributed by atoms with Gasteiger partial charge in [0.15, 0.2) is 0 Å². The molecule has 3 rings (SSSR count). The minimum atomic E-state index is -0.00133. The van der Waals surface area contributed by atoms with Crippen molar-refractivity contribution in [2.24, 2.45) is 0 Å². The highest BCUT2D eigenvalue weighted by atomic mass is 32.1. The summed E-state index contributed by atoms with van der Waals surface area (Å²) in [5.41, 5.74) is 0.752. The number of anilines is 2. The first kappa shape index (κ1) is 16.0. The predicted octanol–water partition coefficient (Wildman–Crippen LogP) is 2.47. The Labute approximate surface area is 140 Å². The number of rotatable bonds is 5. The van der Waals surface area contributed by atoms with E-state index < -0.39 is 0 Å². The van der Waals surface area contributed by atoms with Crippen LogP contribution in [-0.2, 0) is 11.2 Å². The molecule has 0 aliphatic carbocycles. The van der Waals surface area contributed by atoms with E-state index in [4.69, 9.17) is 0 Å². The summed E-state index contributed by atoms with van der Waals surface area (Å²) < 4.78 is 0. The van der Waals surface area contributed by atoms with Gasteiger partial charge in [-0.05, 0) is 30.1 Å². The lowest BCUT2D eigenvalue weighted by molar-refractivity contribution is -0.115. The highest BCUT2D eigenvalue weighted by Gasteiger charge is 2.16. The molecule has 1 saturated heterocycles. The van der Waals surface area contributed by atoms with Crippen molar-refractivity contribution in [3.63, 3.8) is 0 Å². The van der Waals surface area contributed by atoms with Crippen molar-refractivity contribution in [3.8, 4) is 0 Å². The van der Waals surface area contributed by atoms with Gasteiger partial charge in [-0.1, -0.05) is 13.0 Å². The third-order valence-electron chi connectivity index (χ3n) is 4.09. The molecule has 1 aliphatic heterocycles. The lowest BCUT2D eigenvalue weighted by atomic mass is 10.3. The van der Waals surface area contributed by atoms with Gasteiger partial charge in [-0.3, -0.25) is 4.79 Å². The molecule has 0 spiro atoms. The van der Waals surface area contributed by atoms with Gasteiger partial charge >= 0.3 is 0 Å². The molecule has 1 fully saturated rings. The van der Waals surface area contributed by atoms with Crippen molar-refractivity contribution in [2.45, 2.75) is 13.3 Å². The largest absolute Gasteiger partial charge is 0.354 e. The normalized spacial score (nSPS) is 15.6. The van der Waals surface area contributed by atoms with Crippen LogP contribution >= 0.6 is 11.3 Å². The van der Waals surface area contributed by atoms with E-state index >= 15 is 0 Å². The molecular formula is C17H22N4OS. The second-order valence-electron chi connectivity index (χ2n) is 5.63. The molecule has 0 unspecified atom stereocenters. The van der Waals surface area contributed by atoms with E-state index in [1.807, 2.05) is 29.6 Å². The van der Waals surface area contributed by atoms with Crippen LogP contribution in [0.1, 0.15) is 11.8 Å². The maximum absolute atomic E-state index is 12.0. The number of likely N-dealkylation sites (N-methyl/N-ethyl adjacent to an activating group) is 1. The molecule has 6 heteroatoms. The number of piperazine rings is 1. The molecule has 0 bridgehead atoms. The summed E-state index contributed by atoms with van der Waals surface area (Å²) in [6.07, 6.45) is 2.16. The van der Waals surface area contributed by atoms with Crippen molar-refractivity contribution < 1.29 is 4.79 Å². The number of nitrogens with one attached hydrogen (secondary N) is 1. The Balaban J connectivity index is 1.54. The van der Waals surface area contributed by atoms with Crippen molar-refractivity contribution >= 4 is 28.7 Å². The molecule has 1 N–H and O–H groups in total. The van der Waals surface area contributed by atoms with E-state index in [2.05, 4.69) is 27.0 Å². The van der Waals surface area contributed by atoms with E-state index in [1.54, 1.807) is 17.5 Å². The Kier molecular flexibility index (Phi) is 5.25. The van der Waals surface area contributed by atoms with Crippen LogP contribution in [0.5, 0.6) is 0 Å². The van der Waals surface area contributed by atoms with Gasteiger partial charge in [0, 0.05) is 31.1 Å². The van der Waals surface area contributed by atoms with Gasteiger partial charge in [0.05, 0.1) is 18.3 Å². The molecule has 0 atom stereocenters. The number of carbonyl (C=O) groups is 1. The lowest BCUT2D eigenvalue weighted by Crippen LogP contribution is -2.46. The maximum Gasteiger partial charge on any atom is 0.229 e. The quantitative estimate of drug-likeness (QED) is 0.915.